The van der Waals surface area contributed by atoms with Crippen molar-refractivity contribution in [3.63, 3.8) is 0 Å². The molecule has 0 saturated carbocycles. The molecular weight excluding hydrogens is 475 g/mol. The van der Waals surface area contributed by atoms with Gasteiger partial charge in [-0.2, -0.15) is 0 Å². The molecule has 1 fully saturated rings. The van der Waals surface area contributed by atoms with Crippen molar-refractivity contribution in [1.29, 1.82) is 0 Å². The van der Waals surface area contributed by atoms with E-state index < -0.39 is 24.3 Å². The van der Waals surface area contributed by atoms with E-state index in [0.29, 0.717) is 48.0 Å². The highest BCUT2D eigenvalue weighted by Gasteiger charge is 2.29. The third-order valence-corrected chi connectivity index (χ3v) is 6.05. The number of likely N-dealkylation sites (tertiary alicyclic amines) is 1. The van der Waals surface area contributed by atoms with Gasteiger partial charge in [0.1, 0.15) is 17.3 Å². The lowest BCUT2D eigenvalue weighted by Gasteiger charge is -2.31. The Hall–Kier alpha value is -3.65. The van der Waals surface area contributed by atoms with Crippen molar-refractivity contribution in [2.75, 3.05) is 19.7 Å². The number of rotatable bonds is 7. The first kappa shape index (κ1) is 24.5. The molecule has 3 aromatic rings. The number of hydrogen-bond donors (Lipinski definition) is 1. The lowest BCUT2D eigenvalue weighted by Crippen LogP contribution is -2.41. The van der Waals surface area contributed by atoms with Gasteiger partial charge in [-0.05, 0) is 73.5 Å². The van der Waals surface area contributed by atoms with Crippen molar-refractivity contribution in [2.45, 2.75) is 19.4 Å². The predicted molar refractivity (Wildman–Crippen MR) is 127 cm³/mol. The molecule has 1 aromatic heterocycles. The van der Waals surface area contributed by atoms with Crippen molar-refractivity contribution >= 4 is 29.4 Å². The van der Waals surface area contributed by atoms with E-state index in [1.54, 1.807) is 29.2 Å². The molecule has 1 aliphatic heterocycles. The molecule has 1 N–H and O–H groups in total. The van der Waals surface area contributed by atoms with Gasteiger partial charge in [0.05, 0.1) is 12.5 Å². The molecule has 0 bridgehead atoms. The molecule has 7 nitrogen and oxygen atoms in total. The Morgan fingerprint density at radius 2 is 1.69 bits per heavy atom. The van der Waals surface area contributed by atoms with Crippen LogP contribution in [-0.4, -0.2) is 42.4 Å². The highest BCUT2D eigenvalue weighted by atomic mass is 35.5. The Labute approximate surface area is 206 Å². The number of piperidine rings is 1. The summed E-state index contributed by atoms with van der Waals surface area (Å²) in [4.78, 5) is 38.6. The molecule has 2 amide bonds. The van der Waals surface area contributed by atoms with E-state index in [2.05, 4.69) is 5.32 Å². The molecule has 9 heteroatoms. The van der Waals surface area contributed by atoms with Crippen molar-refractivity contribution in [1.82, 2.24) is 10.2 Å². The van der Waals surface area contributed by atoms with Crippen LogP contribution in [0.3, 0.4) is 0 Å². The molecule has 35 heavy (non-hydrogen) atoms. The molecule has 0 aliphatic carbocycles. The Balaban J connectivity index is 1.17. The summed E-state index contributed by atoms with van der Waals surface area (Å²) in [6, 6.07) is 16.1. The summed E-state index contributed by atoms with van der Waals surface area (Å²) in [5.41, 5.74) is 1.27. The van der Waals surface area contributed by atoms with Crippen LogP contribution in [0.15, 0.2) is 65.1 Å². The van der Waals surface area contributed by atoms with Crippen molar-refractivity contribution in [3.05, 3.63) is 82.8 Å². The predicted octanol–water partition coefficient (Wildman–Crippen LogP) is 4.45. The van der Waals surface area contributed by atoms with Crippen molar-refractivity contribution in [3.8, 4) is 11.3 Å². The summed E-state index contributed by atoms with van der Waals surface area (Å²) in [7, 11) is 0. The third kappa shape index (κ3) is 6.48. The summed E-state index contributed by atoms with van der Waals surface area (Å²) in [5.74, 6) is -0.669. The van der Waals surface area contributed by atoms with Crippen LogP contribution in [0.5, 0.6) is 0 Å². The molecule has 0 spiro atoms. The topological polar surface area (TPSA) is 88.9 Å². The van der Waals surface area contributed by atoms with Gasteiger partial charge < -0.3 is 19.4 Å². The first-order valence-electron chi connectivity index (χ1n) is 11.2. The first-order chi connectivity index (χ1) is 16.9. The van der Waals surface area contributed by atoms with E-state index in [4.69, 9.17) is 20.8 Å². The van der Waals surface area contributed by atoms with Gasteiger partial charge in [-0.1, -0.05) is 11.6 Å². The van der Waals surface area contributed by atoms with Gasteiger partial charge in [-0.15, -0.1) is 0 Å². The standard InChI is InChI=1S/C26H24ClFN2O5/c27-20-5-1-17(2-6-20)23-10-9-22(35-23)15-29-24(31)16-34-26(33)19-11-13-30(14-12-19)25(32)18-3-7-21(28)8-4-18/h1-10,19H,11-16H2,(H,29,31). The Bertz CT molecular complexity index is 1190. The average molecular weight is 499 g/mol. The van der Waals surface area contributed by atoms with E-state index in [9.17, 15) is 18.8 Å². The van der Waals surface area contributed by atoms with Crippen LogP contribution in [0.2, 0.25) is 5.02 Å². The molecule has 2 aromatic carbocycles. The fraction of sp³-hybridized carbons (Fsp3) is 0.269. The zero-order chi connectivity index (χ0) is 24.8. The van der Waals surface area contributed by atoms with E-state index in [1.807, 2.05) is 12.1 Å². The van der Waals surface area contributed by atoms with E-state index in [1.165, 1.54) is 24.3 Å². The molecule has 1 saturated heterocycles. The summed E-state index contributed by atoms with van der Waals surface area (Å²) in [5, 5.41) is 3.30. The lowest BCUT2D eigenvalue weighted by molar-refractivity contribution is -0.153. The fourth-order valence-corrected chi connectivity index (χ4v) is 3.95. The van der Waals surface area contributed by atoms with Gasteiger partial charge in [0.15, 0.2) is 6.61 Å². The number of benzene rings is 2. The van der Waals surface area contributed by atoms with Crippen LogP contribution < -0.4 is 5.32 Å². The first-order valence-corrected chi connectivity index (χ1v) is 11.6. The molecule has 0 radical (unpaired) electrons. The highest BCUT2D eigenvalue weighted by Crippen LogP contribution is 2.24. The Morgan fingerprint density at radius 1 is 1.00 bits per heavy atom. The maximum absolute atomic E-state index is 13.1. The normalized spacial score (nSPS) is 13.9. The van der Waals surface area contributed by atoms with Gasteiger partial charge in [-0.3, -0.25) is 14.4 Å². The van der Waals surface area contributed by atoms with Crippen molar-refractivity contribution in [2.24, 2.45) is 5.92 Å². The van der Waals surface area contributed by atoms with Crippen LogP contribution in [0, 0.1) is 11.7 Å². The second-order valence-electron chi connectivity index (χ2n) is 8.23. The number of ether oxygens (including phenoxy) is 1. The average Bonchev–Trinajstić information content (AvgIpc) is 3.35. The van der Waals surface area contributed by atoms with Crippen LogP contribution in [0.25, 0.3) is 11.3 Å². The van der Waals surface area contributed by atoms with Crippen LogP contribution in [0.4, 0.5) is 4.39 Å². The molecule has 182 valence electrons. The molecule has 4 rings (SSSR count). The number of carbonyl (C=O) groups excluding carboxylic acids is 3. The maximum Gasteiger partial charge on any atom is 0.309 e. The number of halogens is 2. The van der Waals surface area contributed by atoms with Crippen molar-refractivity contribution < 1.29 is 27.9 Å². The SMILES string of the molecule is O=C(COC(=O)C1CCN(C(=O)c2ccc(F)cc2)CC1)NCc1ccc(-c2ccc(Cl)cc2)o1. The minimum absolute atomic E-state index is 0.161. The number of nitrogens with one attached hydrogen (secondary N) is 1. The van der Waals surface area contributed by atoms with E-state index in [-0.39, 0.29) is 18.4 Å². The molecule has 0 atom stereocenters. The van der Waals surface area contributed by atoms with Gasteiger partial charge in [0.25, 0.3) is 11.8 Å². The second kappa shape index (κ2) is 11.2. The van der Waals surface area contributed by atoms with E-state index >= 15 is 0 Å². The number of amides is 2. The zero-order valence-corrected chi connectivity index (χ0v) is 19.6. The quantitative estimate of drug-likeness (QED) is 0.486. The van der Waals surface area contributed by atoms with Gasteiger partial charge in [-0.25, -0.2) is 4.39 Å². The van der Waals surface area contributed by atoms with E-state index in [0.717, 1.165) is 5.56 Å². The van der Waals surface area contributed by atoms with Crippen LogP contribution >= 0.6 is 11.6 Å². The van der Waals surface area contributed by atoms with Gasteiger partial charge >= 0.3 is 5.97 Å². The number of esters is 1. The minimum Gasteiger partial charge on any atom is -0.459 e. The number of furan rings is 1. The number of hydrogen-bond acceptors (Lipinski definition) is 5. The Morgan fingerprint density at radius 3 is 2.37 bits per heavy atom. The lowest BCUT2D eigenvalue weighted by atomic mass is 9.96. The molecule has 2 heterocycles. The van der Waals surface area contributed by atoms with Crippen LogP contribution in [-0.2, 0) is 20.9 Å². The monoisotopic (exact) mass is 498 g/mol. The maximum atomic E-state index is 13.1. The summed E-state index contributed by atoms with van der Waals surface area (Å²) in [6.45, 7) is 0.541. The summed E-state index contributed by atoms with van der Waals surface area (Å²) >= 11 is 5.90. The van der Waals surface area contributed by atoms with Crippen LogP contribution in [0.1, 0.15) is 29.0 Å². The molecule has 1 aliphatic rings. The number of carbonyl (C=O) groups is 3. The Kier molecular flexibility index (Phi) is 7.82. The fourth-order valence-electron chi connectivity index (χ4n) is 3.83. The smallest absolute Gasteiger partial charge is 0.309 e. The van der Waals surface area contributed by atoms with Gasteiger partial charge in [0, 0.05) is 29.2 Å². The molecule has 0 unspecified atom stereocenters. The highest BCUT2D eigenvalue weighted by molar-refractivity contribution is 6.30. The zero-order valence-electron chi connectivity index (χ0n) is 18.8. The summed E-state index contributed by atoms with van der Waals surface area (Å²) < 4.78 is 24.0. The molecular formula is C26H24ClFN2O5. The number of nitrogens with zero attached hydrogens (tertiary/aromatic N) is 1. The summed E-state index contributed by atoms with van der Waals surface area (Å²) in [6.07, 6.45) is 0.876. The largest absolute Gasteiger partial charge is 0.459 e. The second-order valence-corrected chi connectivity index (χ2v) is 8.67. The minimum atomic E-state index is -0.461. The van der Waals surface area contributed by atoms with Gasteiger partial charge in [0.2, 0.25) is 0 Å². The third-order valence-electron chi connectivity index (χ3n) is 5.80.